The number of hydrogen-bond acceptors (Lipinski definition) is 5. The molecule has 5 aromatic carbocycles. The molecule has 8 rings (SSSR count). The summed E-state index contributed by atoms with van der Waals surface area (Å²) in [4.78, 5) is 19.8. The van der Waals surface area contributed by atoms with E-state index in [9.17, 15) is 0 Å². The first kappa shape index (κ1) is 23.6. The molecule has 0 aliphatic rings. The van der Waals surface area contributed by atoms with Crippen molar-refractivity contribution in [2.75, 3.05) is 0 Å². The molecular formula is C36H22N4S. The number of fused-ring (bicyclic) bond motifs is 4. The van der Waals surface area contributed by atoms with Crippen LogP contribution in [0, 0.1) is 0 Å². The van der Waals surface area contributed by atoms with Gasteiger partial charge in [-0.1, -0.05) is 103 Å². The molecule has 5 heteroatoms. The van der Waals surface area contributed by atoms with Gasteiger partial charge in [-0.15, -0.1) is 11.3 Å². The minimum atomic E-state index is 0.553. The zero-order valence-corrected chi connectivity index (χ0v) is 22.7. The lowest BCUT2D eigenvalue weighted by molar-refractivity contribution is 1.06. The van der Waals surface area contributed by atoms with Crippen molar-refractivity contribution in [3.8, 4) is 45.4 Å². The first-order chi connectivity index (χ1) is 20.3. The topological polar surface area (TPSA) is 51.6 Å². The van der Waals surface area contributed by atoms with E-state index in [1.54, 1.807) is 11.3 Å². The minimum absolute atomic E-state index is 0.553. The van der Waals surface area contributed by atoms with Crippen LogP contribution >= 0.6 is 11.3 Å². The molecule has 192 valence electrons. The van der Waals surface area contributed by atoms with Gasteiger partial charge in [-0.05, 0) is 41.5 Å². The van der Waals surface area contributed by atoms with Crippen LogP contribution in [0.1, 0.15) is 0 Å². The maximum Gasteiger partial charge on any atom is 0.182 e. The summed E-state index contributed by atoms with van der Waals surface area (Å²) in [7, 11) is 0. The molecule has 0 spiro atoms. The van der Waals surface area contributed by atoms with Gasteiger partial charge >= 0.3 is 0 Å². The Morgan fingerprint density at radius 2 is 1.07 bits per heavy atom. The Bertz CT molecular complexity index is 2220. The molecule has 0 N–H and O–H groups in total. The molecule has 0 unspecified atom stereocenters. The van der Waals surface area contributed by atoms with Gasteiger partial charge in [0.15, 0.2) is 17.5 Å². The largest absolute Gasteiger partial charge is 0.244 e. The van der Waals surface area contributed by atoms with E-state index in [1.807, 2.05) is 30.3 Å². The van der Waals surface area contributed by atoms with Gasteiger partial charge < -0.3 is 0 Å². The Hall–Kier alpha value is -5.26. The number of thiophene rings is 1. The van der Waals surface area contributed by atoms with Crippen molar-refractivity contribution in [1.29, 1.82) is 0 Å². The summed E-state index contributed by atoms with van der Waals surface area (Å²) < 4.78 is 2.48. The Labute approximate surface area is 240 Å². The van der Waals surface area contributed by atoms with E-state index in [-0.39, 0.29) is 0 Å². The number of hydrogen-bond donors (Lipinski definition) is 0. The lowest BCUT2D eigenvalue weighted by atomic mass is 10.0. The summed E-state index contributed by atoms with van der Waals surface area (Å²) in [6, 6.07) is 45.9. The maximum atomic E-state index is 5.01. The standard InChI is InChI=1S/C36H22N4S/c1-2-9-23(10-3-1)25-12-8-13-26(21-25)34-38-35(27-17-19-29-28-14-5-7-16-32(28)41-33(29)22-27)40-36(39-34)31-20-18-24-11-4-6-15-30(24)37-31/h1-22H. The number of rotatable bonds is 4. The lowest BCUT2D eigenvalue weighted by Gasteiger charge is -2.10. The zero-order valence-electron chi connectivity index (χ0n) is 21.9. The lowest BCUT2D eigenvalue weighted by Crippen LogP contribution is -2.01. The van der Waals surface area contributed by atoms with Crippen LogP contribution in [0.2, 0.25) is 0 Å². The van der Waals surface area contributed by atoms with E-state index >= 15 is 0 Å². The third kappa shape index (κ3) is 4.33. The van der Waals surface area contributed by atoms with Crippen LogP contribution in [0.3, 0.4) is 0 Å². The predicted molar refractivity (Wildman–Crippen MR) is 170 cm³/mol. The molecule has 0 aliphatic carbocycles. The van der Waals surface area contributed by atoms with Gasteiger partial charge in [0.1, 0.15) is 5.69 Å². The van der Waals surface area contributed by atoms with E-state index in [0.29, 0.717) is 17.5 Å². The summed E-state index contributed by atoms with van der Waals surface area (Å²) in [6.45, 7) is 0. The van der Waals surface area contributed by atoms with E-state index < -0.39 is 0 Å². The fourth-order valence-electron chi connectivity index (χ4n) is 5.27. The number of nitrogens with zero attached hydrogens (tertiary/aromatic N) is 4. The molecule has 0 saturated carbocycles. The normalized spacial score (nSPS) is 11.4. The molecule has 3 aromatic heterocycles. The molecular weight excluding hydrogens is 520 g/mol. The first-order valence-electron chi connectivity index (χ1n) is 13.5. The number of benzene rings is 5. The highest BCUT2D eigenvalue weighted by Crippen LogP contribution is 2.36. The SMILES string of the molecule is c1ccc(-c2cccc(-c3nc(-c4ccc5c(c4)sc4ccccc45)nc(-c4ccc5ccccc5n4)n3)c2)cc1. The van der Waals surface area contributed by atoms with Gasteiger partial charge in [0.05, 0.1) is 5.52 Å². The van der Waals surface area contributed by atoms with Crippen LogP contribution < -0.4 is 0 Å². The quantitative estimate of drug-likeness (QED) is 0.222. The molecule has 0 saturated heterocycles. The van der Waals surface area contributed by atoms with Crippen molar-refractivity contribution >= 4 is 42.4 Å². The van der Waals surface area contributed by atoms with Crippen molar-refractivity contribution in [1.82, 2.24) is 19.9 Å². The highest BCUT2D eigenvalue weighted by Gasteiger charge is 2.15. The van der Waals surface area contributed by atoms with E-state index in [4.69, 9.17) is 19.9 Å². The average Bonchev–Trinajstić information content (AvgIpc) is 3.43. The molecule has 0 amide bonds. The summed E-state index contributed by atoms with van der Waals surface area (Å²) >= 11 is 1.79. The predicted octanol–water partition coefficient (Wildman–Crippen LogP) is 9.46. The van der Waals surface area contributed by atoms with Crippen LogP contribution in [0.15, 0.2) is 133 Å². The molecule has 8 aromatic rings. The average molecular weight is 543 g/mol. The molecule has 0 bridgehead atoms. The van der Waals surface area contributed by atoms with Gasteiger partial charge in [-0.2, -0.15) is 0 Å². The van der Waals surface area contributed by atoms with Crippen LogP contribution in [0.25, 0.3) is 76.5 Å². The van der Waals surface area contributed by atoms with Crippen molar-refractivity contribution < 1.29 is 0 Å². The number of para-hydroxylation sites is 1. The molecule has 0 atom stereocenters. The fraction of sp³-hybridized carbons (Fsp3) is 0. The third-order valence-electron chi connectivity index (χ3n) is 7.33. The van der Waals surface area contributed by atoms with Crippen LogP contribution in [-0.2, 0) is 0 Å². The smallest absolute Gasteiger partial charge is 0.182 e. The van der Waals surface area contributed by atoms with Crippen LogP contribution in [-0.4, -0.2) is 19.9 Å². The van der Waals surface area contributed by atoms with Gasteiger partial charge in [-0.25, -0.2) is 19.9 Å². The van der Waals surface area contributed by atoms with Crippen LogP contribution in [0.5, 0.6) is 0 Å². The van der Waals surface area contributed by atoms with Crippen molar-refractivity contribution in [3.05, 3.63) is 133 Å². The van der Waals surface area contributed by atoms with Gasteiger partial charge in [0, 0.05) is 36.7 Å². The summed E-state index contributed by atoms with van der Waals surface area (Å²) in [5.41, 5.74) is 5.77. The van der Waals surface area contributed by atoms with E-state index in [0.717, 1.165) is 38.9 Å². The van der Waals surface area contributed by atoms with Gasteiger partial charge in [0.2, 0.25) is 0 Å². The molecule has 41 heavy (non-hydrogen) atoms. The molecule has 3 heterocycles. The Kier molecular flexibility index (Phi) is 5.61. The monoisotopic (exact) mass is 542 g/mol. The van der Waals surface area contributed by atoms with E-state index in [2.05, 4.69) is 103 Å². The molecule has 4 nitrogen and oxygen atoms in total. The van der Waals surface area contributed by atoms with Gasteiger partial charge in [0.25, 0.3) is 0 Å². The highest BCUT2D eigenvalue weighted by molar-refractivity contribution is 7.25. The van der Waals surface area contributed by atoms with Crippen molar-refractivity contribution in [2.45, 2.75) is 0 Å². The van der Waals surface area contributed by atoms with Crippen molar-refractivity contribution in [2.24, 2.45) is 0 Å². The highest BCUT2D eigenvalue weighted by atomic mass is 32.1. The molecule has 0 fully saturated rings. The first-order valence-corrected chi connectivity index (χ1v) is 14.3. The zero-order chi connectivity index (χ0) is 27.2. The fourth-order valence-corrected chi connectivity index (χ4v) is 6.42. The Morgan fingerprint density at radius 1 is 0.390 bits per heavy atom. The summed E-state index contributed by atoms with van der Waals surface area (Å²) in [5, 5.41) is 3.60. The maximum absolute atomic E-state index is 5.01. The summed E-state index contributed by atoms with van der Waals surface area (Å²) in [5.74, 6) is 1.80. The van der Waals surface area contributed by atoms with Crippen LogP contribution in [0.4, 0.5) is 0 Å². The van der Waals surface area contributed by atoms with Crippen molar-refractivity contribution in [3.63, 3.8) is 0 Å². The third-order valence-corrected chi connectivity index (χ3v) is 8.46. The second-order valence-corrected chi connectivity index (χ2v) is 11.0. The number of pyridine rings is 1. The Balaban J connectivity index is 1.32. The summed E-state index contributed by atoms with van der Waals surface area (Å²) in [6.07, 6.45) is 0. The van der Waals surface area contributed by atoms with Gasteiger partial charge in [-0.3, -0.25) is 0 Å². The Morgan fingerprint density at radius 3 is 1.98 bits per heavy atom. The minimum Gasteiger partial charge on any atom is -0.244 e. The molecule has 0 aliphatic heterocycles. The number of aromatic nitrogens is 4. The molecule has 0 radical (unpaired) electrons. The second-order valence-electron chi connectivity index (χ2n) is 9.95. The second kappa shape index (κ2) is 9.73. The van der Waals surface area contributed by atoms with E-state index in [1.165, 1.54) is 20.2 Å².